The third-order valence-electron chi connectivity index (χ3n) is 3.01. The molecule has 106 valence electrons. The first kappa shape index (κ1) is 14.1. The maximum Gasteiger partial charge on any atom is 0.173 e. The molecule has 0 atom stereocenters. The molecule has 0 amide bonds. The number of fused-ring (bicyclic) bond motifs is 1. The summed E-state index contributed by atoms with van der Waals surface area (Å²) in [6.45, 7) is 0. The van der Waals surface area contributed by atoms with Gasteiger partial charge in [0.05, 0.1) is 23.1 Å². The third kappa shape index (κ3) is 3.25. The Bertz CT molecular complexity index is 732. The Morgan fingerprint density at radius 2 is 1.95 bits per heavy atom. The molecule has 0 spiro atoms. The molecule has 1 heterocycles. The van der Waals surface area contributed by atoms with Crippen molar-refractivity contribution in [2.24, 2.45) is 0 Å². The second-order valence-corrected chi connectivity index (χ2v) is 6.64. The van der Waals surface area contributed by atoms with Crippen molar-refractivity contribution in [2.75, 3.05) is 12.9 Å². The molecular formula is C16H13NO2S2. The number of ketones is 1. The van der Waals surface area contributed by atoms with Crippen LogP contribution in [0.3, 0.4) is 0 Å². The molecule has 0 aliphatic carbocycles. The molecule has 0 aliphatic rings. The molecule has 0 radical (unpaired) electrons. The Kier molecular flexibility index (Phi) is 4.22. The fourth-order valence-corrected chi connectivity index (χ4v) is 3.86. The number of thioether (sulfide) groups is 1. The van der Waals surface area contributed by atoms with E-state index in [1.54, 1.807) is 42.7 Å². The zero-order valence-corrected chi connectivity index (χ0v) is 13.0. The van der Waals surface area contributed by atoms with Crippen LogP contribution >= 0.6 is 23.1 Å². The number of rotatable bonds is 5. The number of Topliss-reactive ketones (excluding diaryl/α,β-unsaturated/α-hetero) is 1. The number of benzene rings is 2. The predicted octanol–water partition coefficient (Wildman–Crippen LogP) is 4.28. The number of nitrogens with zero attached hydrogens (tertiary/aromatic N) is 1. The van der Waals surface area contributed by atoms with Crippen molar-refractivity contribution in [3.63, 3.8) is 0 Å². The van der Waals surface area contributed by atoms with E-state index in [9.17, 15) is 4.79 Å². The number of methoxy groups -OCH3 is 1. The minimum absolute atomic E-state index is 0.0990. The molecule has 0 unspecified atom stereocenters. The smallest absolute Gasteiger partial charge is 0.173 e. The fraction of sp³-hybridized carbons (Fsp3) is 0.125. The number of para-hydroxylation sites is 1. The highest BCUT2D eigenvalue weighted by Gasteiger charge is 2.09. The molecule has 0 saturated heterocycles. The zero-order chi connectivity index (χ0) is 14.7. The van der Waals surface area contributed by atoms with Gasteiger partial charge in [-0.2, -0.15) is 0 Å². The second kappa shape index (κ2) is 6.28. The molecule has 21 heavy (non-hydrogen) atoms. The van der Waals surface area contributed by atoms with Gasteiger partial charge in [-0.05, 0) is 36.4 Å². The molecule has 0 aliphatic heterocycles. The van der Waals surface area contributed by atoms with Crippen molar-refractivity contribution in [1.82, 2.24) is 4.98 Å². The molecule has 5 heteroatoms. The van der Waals surface area contributed by atoms with Gasteiger partial charge in [-0.15, -0.1) is 11.3 Å². The van der Waals surface area contributed by atoms with Crippen LogP contribution in [0.4, 0.5) is 0 Å². The Balaban J connectivity index is 1.67. The van der Waals surface area contributed by atoms with Gasteiger partial charge in [-0.3, -0.25) is 4.79 Å². The summed E-state index contributed by atoms with van der Waals surface area (Å²) < 4.78 is 7.17. The van der Waals surface area contributed by atoms with Crippen LogP contribution in [0.25, 0.3) is 10.2 Å². The molecule has 3 aromatic rings. The maximum absolute atomic E-state index is 12.1. The van der Waals surface area contributed by atoms with E-state index in [-0.39, 0.29) is 5.78 Å². The Morgan fingerprint density at radius 3 is 2.67 bits per heavy atom. The lowest BCUT2D eigenvalue weighted by atomic mass is 10.1. The van der Waals surface area contributed by atoms with Crippen molar-refractivity contribution in [3.05, 3.63) is 54.1 Å². The van der Waals surface area contributed by atoms with Crippen molar-refractivity contribution in [3.8, 4) is 5.75 Å². The topological polar surface area (TPSA) is 39.2 Å². The SMILES string of the molecule is COc1ccc(C(=O)CSc2nc3ccccc3s2)cc1. The van der Waals surface area contributed by atoms with E-state index in [0.717, 1.165) is 20.3 Å². The number of thiazole rings is 1. The Labute approximate surface area is 131 Å². The van der Waals surface area contributed by atoms with Crippen molar-refractivity contribution < 1.29 is 9.53 Å². The van der Waals surface area contributed by atoms with Crippen LogP contribution in [-0.2, 0) is 0 Å². The predicted molar refractivity (Wildman–Crippen MR) is 87.7 cm³/mol. The molecule has 0 bridgehead atoms. The van der Waals surface area contributed by atoms with E-state index in [0.29, 0.717) is 11.3 Å². The van der Waals surface area contributed by atoms with E-state index >= 15 is 0 Å². The van der Waals surface area contributed by atoms with Gasteiger partial charge >= 0.3 is 0 Å². The summed E-state index contributed by atoms with van der Waals surface area (Å²) in [5.41, 5.74) is 1.69. The van der Waals surface area contributed by atoms with Crippen LogP contribution in [0.2, 0.25) is 0 Å². The molecule has 0 saturated carbocycles. The minimum Gasteiger partial charge on any atom is -0.497 e. The van der Waals surface area contributed by atoms with Crippen LogP contribution in [0, 0.1) is 0 Å². The maximum atomic E-state index is 12.1. The van der Waals surface area contributed by atoms with Crippen molar-refractivity contribution in [1.29, 1.82) is 0 Å². The lowest BCUT2D eigenvalue weighted by Gasteiger charge is -2.02. The molecule has 0 fully saturated rings. The van der Waals surface area contributed by atoms with Gasteiger partial charge < -0.3 is 4.74 Å². The summed E-state index contributed by atoms with van der Waals surface area (Å²) >= 11 is 3.11. The van der Waals surface area contributed by atoms with Gasteiger partial charge in [-0.25, -0.2) is 4.98 Å². The largest absolute Gasteiger partial charge is 0.497 e. The first-order chi connectivity index (χ1) is 10.3. The molecular weight excluding hydrogens is 302 g/mol. The van der Waals surface area contributed by atoms with Crippen molar-refractivity contribution >= 4 is 39.1 Å². The third-order valence-corrected chi connectivity index (χ3v) is 5.19. The van der Waals surface area contributed by atoms with Crippen molar-refractivity contribution in [2.45, 2.75) is 4.34 Å². The van der Waals surface area contributed by atoms with Crippen LogP contribution < -0.4 is 4.74 Å². The normalized spacial score (nSPS) is 10.7. The van der Waals surface area contributed by atoms with Crippen LogP contribution in [0.15, 0.2) is 52.9 Å². The molecule has 2 aromatic carbocycles. The van der Waals surface area contributed by atoms with Gasteiger partial charge in [0.2, 0.25) is 0 Å². The molecule has 3 rings (SSSR count). The standard InChI is InChI=1S/C16H13NO2S2/c1-19-12-8-6-11(7-9-12)14(18)10-20-16-17-13-4-2-3-5-15(13)21-16/h2-9H,10H2,1H3. The first-order valence-electron chi connectivity index (χ1n) is 6.42. The summed E-state index contributed by atoms with van der Waals surface area (Å²) in [7, 11) is 1.61. The van der Waals surface area contributed by atoms with E-state index in [2.05, 4.69) is 4.98 Å². The number of aromatic nitrogens is 1. The van der Waals surface area contributed by atoms with E-state index in [1.807, 2.05) is 24.3 Å². The van der Waals surface area contributed by atoms with Crippen LogP contribution in [-0.4, -0.2) is 23.6 Å². The quantitative estimate of drug-likeness (QED) is 0.520. The average molecular weight is 315 g/mol. The molecule has 1 aromatic heterocycles. The second-order valence-electron chi connectivity index (χ2n) is 4.39. The molecule has 3 nitrogen and oxygen atoms in total. The van der Waals surface area contributed by atoms with Gasteiger partial charge in [0.25, 0.3) is 0 Å². The highest BCUT2D eigenvalue weighted by atomic mass is 32.2. The lowest BCUT2D eigenvalue weighted by Crippen LogP contribution is -2.01. The summed E-state index contributed by atoms with van der Waals surface area (Å²) in [4.78, 5) is 16.7. The highest BCUT2D eigenvalue weighted by molar-refractivity contribution is 8.01. The molecule has 0 N–H and O–H groups in total. The van der Waals surface area contributed by atoms with Crippen LogP contribution in [0.5, 0.6) is 5.75 Å². The first-order valence-corrected chi connectivity index (χ1v) is 8.22. The van der Waals surface area contributed by atoms with Crippen LogP contribution in [0.1, 0.15) is 10.4 Å². The average Bonchev–Trinajstić information content (AvgIpc) is 2.95. The van der Waals surface area contributed by atoms with E-state index in [4.69, 9.17) is 4.74 Å². The van der Waals surface area contributed by atoms with Gasteiger partial charge in [0, 0.05) is 5.56 Å². The monoisotopic (exact) mass is 315 g/mol. The van der Waals surface area contributed by atoms with Gasteiger partial charge in [0.1, 0.15) is 5.75 Å². The van der Waals surface area contributed by atoms with Gasteiger partial charge in [-0.1, -0.05) is 23.9 Å². The van der Waals surface area contributed by atoms with E-state index < -0.39 is 0 Å². The summed E-state index contributed by atoms with van der Waals surface area (Å²) in [6.07, 6.45) is 0. The Hall–Kier alpha value is -1.85. The number of carbonyl (C=O) groups is 1. The van der Waals surface area contributed by atoms with Gasteiger partial charge in [0.15, 0.2) is 10.1 Å². The number of ether oxygens (including phenoxy) is 1. The zero-order valence-electron chi connectivity index (χ0n) is 11.4. The number of hydrogen-bond donors (Lipinski definition) is 0. The lowest BCUT2D eigenvalue weighted by molar-refractivity contribution is 0.102. The summed E-state index contributed by atoms with van der Waals surface area (Å²) in [5, 5.41) is 0. The van der Waals surface area contributed by atoms with E-state index in [1.165, 1.54) is 11.8 Å². The fourth-order valence-electron chi connectivity index (χ4n) is 1.90. The number of carbonyl (C=O) groups excluding carboxylic acids is 1. The Morgan fingerprint density at radius 1 is 1.19 bits per heavy atom. The highest BCUT2D eigenvalue weighted by Crippen LogP contribution is 2.29. The number of hydrogen-bond acceptors (Lipinski definition) is 5. The minimum atomic E-state index is 0.0990. The summed E-state index contributed by atoms with van der Waals surface area (Å²) in [6, 6.07) is 15.2. The summed E-state index contributed by atoms with van der Waals surface area (Å²) in [5.74, 6) is 1.25.